The molecule has 3 N–H and O–H groups in total. The lowest BCUT2D eigenvalue weighted by Crippen LogP contribution is -2.19. The number of hydrogen-bond acceptors (Lipinski definition) is 8. The van der Waals surface area contributed by atoms with E-state index in [1.165, 1.54) is 29.3 Å². The quantitative estimate of drug-likeness (QED) is 0.305. The lowest BCUT2D eigenvalue weighted by molar-refractivity contribution is -0.118. The molecule has 0 saturated heterocycles. The summed E-state index contributed by atoms with van der Waals surface area (Å²) in [4.78, 5) is 11.8. The van der Waals surface area contributed by atoms with Crippen molar-refractivity contribution in [3.05, 3.63) is 59.1 Å². The topological polar surface area (TPSA) is 99.5 Å². The van der Waals surface area contributed by atoms with Crippen molar-refractivity contribution in [2.45, 2.75) is 4.34 Å². The van der Waals surface area contributed by atoms with Crippen LogP contribution < -0.4 is 10.7 Å². The molecule has 27 heavy (non-hydrogen) atoms. The molecule has 10 heteroatoms. The Bertz CT molecular complexity index is 929. The molecule has 0 bridgehead atoms. The molecule has 2 aromatic carbocycles. The SMILES string of the molecule is O=C(CSc1nnc(Nc2ccc(Cl)cc2)s1)N/N=C/c1ccc(O)cc1. The highest BCUT2D eigenvalue weighted by Crippen LogP contribution is 2.27. The Balaban J connectivity index is 1.44. The number of nitrogens with zero attached hydrogens (tertiary/aromatic N) is 3. The summed E-state index contributed by atoms with van der Waals surface area (Å²) < 4.78 is 0.670. The van der Waals surface area contributed by atoms with Crippen molar-refractivity contribution in [1.82, 2.24) is 15.6 Å². The lowest BCUT2D eigenvalue weighted by Gasteiger charge is -2.00. The number of rotatable bonds is 7. The molecule has 0 unspecified atom stereocenters. The van der Waals surface area contributed by atoms with Crippen LogP contribution in [0.5, 0.6) is 5.75 Å². The number of thioether (sulfide) groups is 1. The number of phenolic OH excluding ortho intramolecular Hbond substituents is 1. The van der Waals surface area contributed by atoms with Gasteiger partial charge in [-0.25, -0.2) is 5.43 Å². The minimum Gasteiger partial charge on any atom is -0.508 e. The molecule has 0 saturated carbocycles. The molecule has 1 heterocycles. The normalized spacial score (nSPS) is 10.9. The fraction of sp³-hybridized carbons (Fsp3) is 0.0588. The van der Waals surface area contributed by atoms with Crippen LogP contribution in [0.3, 0.4) is 0 Å². The first-order valence-corrected chi connectivity index (χ1v) is 9.86. The van der Waals surface area contributed by atoms with Crippen molar-refractivity contribution in [3.8, 4) is 5.75 Å². The summed E-state index contributed by atoms with van der Waals surface area (Å²) in [6.07, 6.45) is 1.50. The predicted octanol–water partition coefficient (Wildman–Crippen LogP) is 3.88. The number of aromatic hydroxyl groups is 1. The van der Waals surface area contributed by atoms with Gasteiger partial charge in [-0.1, -0.05) is 34.7 Å². The molecule has 3 rings (SSSR count). The molecule has 138 valence electrons. The monoisotopic (exact) mass is 419 g/mol. The fourth-order valence-corrected chi connectivity index (χ4v) is 3.56. The fourth-order valence-electron chi connectivity index (χ4n) is 1.87. The third kappa shape index (κ3) is 6.24. The molecule has 3 aromatic rings. The van der Waals surface area contributed by atoms with E-state index in [1.54, 1.807) is 36.4 Å². The Morgan fingerprint density at radius 1 is 1.19 bits per heavy atom. The van der Waals surface area contributed by atoms with Crippen LogP contribution in [-0.2, 0) is 4.79 Å². The van der Waals surface area contributed by atoms with E-state index >= 15 is 0 Å². The van der Waals surface area contributed by atoms with Gasteiger partial charge in [0.2, 0.25) is 5.13 Å². The van der Waals surface area contributed by atoms with E-state index in [4.69, 9.17) is 11.6 Å². The molecule has 0 aliphatic heterocycles. The zero-order valence-corrected chi connectivity index (χ0v) is 16.2. The van der Waals surface area contributed by atoms with Crippen molar-refractivity contribution < 1.29 is 9.90 Å². The van der Waals surface area contributed by atoms with Gasteiger partial charge in [-0.15, -0.1) is 10.2 Å². The van der Waals surface area contributed by atoms with Gasteiger partial charge in [-0.2, -0.15) is 5.10 Å². The van der Waals surface area contributed by atoms with Gasteiger partial charge in [-0.05, 0) is 54.1 Å². The van der Waals surface area contributed by atoms with Crippen molar-refractivity contribution in [3.63, 3.8) is 0 Å². The molecule has 0 aliphatic carbocycles. The van der Waals surface area contributed by atoms with Crippen molar-refractivity contribution in [1.29, 1.82) is 0 Å². The van der Waals surface area contributed by atoms with E-state index in [9.17, 15) is 9.90 Å². The molecule has 0 aliphatic rings. The molecular weight excluding hydrogens is 406 g/mol. The van der Waals surface area contributed by atoms with E-state index in [0.717, 1.165) is 11.3 Å². The van der Waals surface area contributed by atoms with E-state index in [2.05, 4.69) is 26.0 Å². The van der Waals surface area contributed by atoms with E-state index < -0.39 is 0 Å². The Labute approximate surface area is 168 Å². The number of nitrogens with one attached hydrogen (secondary N) is 2. The number of aromatic nitrogens is 2. The molecule has 1 aromatic heterocycles. The van der Waals surface area contributed by atoms with E-state index in [0.29, 0.717) is 14.5 Å². The minimum atomic E-state index is -0.252. The number of hydrogen-bond donors (Lipinski definition) is 3. The Morgan fingerprint density at radius 3 is 2.67 bits per heavy atom. The summed E-state index contributed by atoms with van der Waals surface area (Å²) in [5, 5.41) is 25.6. The van der Waals surface area contributed by atoms with Crippen LogP contribution in [0.1, 0.15) is 5.56 Å². The summed E-state index contributed by atoms with van der Waals surface area (Å²) in [6, 6.07) is 13.7. The second kappa shape index (κ2) is 9.36. The second-order valence-electron chi connectivity index (χ2n) is 5.18. The first kappa shape index (κ1) is 19.2. The Morgan fingerprint density at radius 2 is 1.93 bits per heavy atom. The van der Waals surface area contributed by atoms with Gasteiger partial charge in [-0.3, -0.25) is 4.79 Å². The summed E-state index contributed by atoms with van der Waals surface area (Å²) in [5.74, 6) is 0.0923. The largest absolute Gasteiger partial charge is 0.508 e. The van der Waals surface area contributed by atoms with E-state index in [-0.39, 0.29) is 17.4 Å². The predicted molar refractivity (Wildman–Crippen MR) is 109 cm³/mol. The highest BCUT2D eigenvalue weighted by molar-refractivity contribution is 8.01. The van der Waals surface area contributed by atoms with Crippen LogP contribution in [0.4, 0.5) is 10.8 Å². The lowest BCUT2D eigenvalue weighted by atomic mass is 10.2. The minimum absolute atomic E-state index is 0.169. The number of phenols is 1. The van der Waals surface area contributed by atoms with Gasteiger partial charge in [0.15, 0.2) is 4.34 Å². The molecular formula is C17H14ClN5O2S2. The van der Waals surface area contributed by atoms with Crippen molar-refractivity contribution >= 4 is 57.6 Å². The third-order valence-corrected chi connectivity index (χ3v) is 5.35. The van der Waals surface area contributed by atoms with Crippen molar-refractivity contribution in [2.75, 3.05) is 11.1 Å². The highest BCUT2D eigenvalue weighted by atomic mass is 35.5. The number of carbonyl (C=O) groups is 1. The third-order valence-electron chi connectivity index (χ3n) is 3.12. The van der Waals surface area contributed by atoms with Crippen LogP contribution in [0.25, 0.3) is 0 Å². The Hall–Kier alpha value is -2.62. The van der Waals surface area contributed by atoms with Crippen LogP contribution in [0, 0.1) is 0 Å². The molecule has 0 atom stereocenters. The maximum atomic E-state index is 11.8. The van der Waals surface area contributed by atoms with Crippen LogP contribution in [-0.4, -0.2) is 33.2 Å². The average molecular weight is 420 g/mol. The maximum absolute atomic E-state index is 11.8. The molecule has 1 amide bonds. The number of anilines is 2. The Kier molecular flexibility index (Phi) is 6.64. The summed E-state index contributed by atoms with van der Waals surface area (Å²) in [6.45, 7) is 0. The number of carbonyl (C=O) groups excluding carboxylic acids is 1. The molecule has 0 spiro atoms. The second-order valence-corrected chi connectivity index (χ2v) is 7.81. The highest BCUT2D eigenvalue weighted by Gasteiger charge is 2.08. The first-order chi connectivity index (χ1) is 13.1. The van der Waals surface area contributed by atoms with Crippen molar-refractivity contribution in [2.24, 2.45) is 5.10 Å². The number of halogens is 1. The van der Waals surface area contributed by atoms with Gasteiger partial charge in [0.1, 0.15) is 5.75 Å². The average Bonchev–Trinajstić information content (AvgIpc) is 3.11. The van der Waals surface area contributed by atoms with Gasteiger partial charge in [0, 0.05) is 10.7 Å². The van der Waals surface area contributed by atoms with Crippen LogP contribution in [0.2, 0.25) is 5.02 Å². The first-order valence-electron chi connectivity index (χ1n) is 7.68. The van der Waals surface area contributed by atoms with E-state index in [1.807, 2.05) is 12.1 Å². The van der Waals surface area contributed by atoms with Gasteiger partial charge >= 0.3 is 0 Å². The van der Waals surface area contributed by atoms with Gasteiger partial charge < -0.3 is 10.4 Å². The zero-order chi connectivity index (χ0) is 19.1. The number of hydrazone groups is 1. The zero-order valence-electron chi connectivity index (χ0n) is 13.8. The number of amides is 1. The van der Waals surface area contributed by atoms with Crippen LogP contribution >= 0.6 is 34.7 Å². The molecule has 0 radical (unpaired) electrons. The summed E-state index contributed by atoms with van der Waals surface area (Å²) in [5.41, 5.74) is 4.06. The summed E-state index contributed by atoms with van der Waals surface area (Å²) in [7, 11) is 0. The molecule has 0 fully saturated rings. The van der Waals surface area contributed by atoms with Crippen LogP contribution in [0.15, 0.2) is 58.0 Å². The number of benzene rings is 2. The standard InChI is InChI=1S/C17H14ClN5O2S2/c18-12-3-5-13(6-4-12)20-16-22-23-17(27-16)26-10-15(25)21-19-9-11-1-7-14(24)8-2-11/h1-9,24H,10H2,(H,20,22)(H,21,25)/b19-9+. The molecule has 7 nitrogen and oxygen atoms in total. The van der Waals surface area contributed by atoms with Gasteiger partial charge in [0.05, 0.1) is 12.0 Å². The maximum Gasteiger partial charge on any atom is 0.250 e. The van der Waals surface area contributed by atoms with Gasteiger partial charge in [0.25, 0.3) is 5.91 Å². The summed E-state index contributed by atoms with van der Waals surface area (Å²) >= 11 is 8.48. The smallest absolute Gasteiger partial charge is 0.250 e.